The SMILES string of the molecule is O=C1c2ccccc2S(=O)(=O)N1CCCCCN1CCC(c2nc(-c3ccncc3)c(-c3ccc(Cl)c(Cl)c3)[nH]2)CC1. The molecule has 4 aromatic rings. The molecule has 2 aromatic carbocycles. The van der Waals surface area contributed by atoms with Crippen molar-refractivity contribution < 1.29 is 13.2 Å². The summed E-state index contributed by atoms with van der Waals surface area (Å²) in [5.41, 5.74) is 3.97. The van der Waals surface area contributed by atoms with E-state index >= 15 is 0 Å². The zero-order valence-corrected chi connectivity index (χ0v) is 25.3. The molecule has 0 bridgehead atoms. The van der Waals surface area contributed by atoms with Crippen molar-refractivity contribution in [2.45, 2.75) is 42.9 Å². The Morgan fingerprint density at radius 1 is 0.881 bits per heavy atom. The predicted octanol–water partition coefficient (Wildman–Crippen LogP) is 6.64. The topological polar surface area (TPSA) is 99.3 Å². The van der Waals surface area contributed by atoms with Crippen molar-refractivity contribution in [1.29, 1.82) is 0 Å². The molecule has 2 aliphatic heterocycles. The number of fused-ring (bicyclic) bond motifs is 1. The first kappa shape index (κ1) is 28.9. The van der Waals surface area contributed by atoms with Gasteiger partial charge in [-0.3, -0.25) is 9.78 Å². The summed E-state index contributed by atoms with van der Waals surface area (Å²) < 4.78 is 26.5. The van der Waals surface area contributed by atoms with E-state index < -0.39 is 15.9 Å². The highest BCUT2D eigenvalue weighted by Crippen LogP contribution is 2.37. The van der Waals surface area contributed by atoms with Crippen molar-refractivity contribution in [3.05, 3.63) is 88.4 Å². The van der Waals surface area contributed by atoms with Gasteiger partial charge in [0.1, 0.15) is 10.7 Å². The number of nitrogens with zero attached hydrogens (tertiary/aromatic N) is 4. The number of sulfonamides is 1. The summed E-state index contributed by atoms with van der Waals surface area (Å²) in [6.45, 7) is 3.10. The van der Waals surface area contributed by atoms with Crippen LogP contribution in [0, 0.1) is 0 Å². The number of piperidine rings is 1. The van der Waals surface area contributed by atoms with Crippen molar-refractivity contribution >= 4 is 39.1 Å². The standard InChI is InChI=1S/C31H31Cl2N5O3S/c32-25-9-8-23(20-26(25)33)29-28(21-10-14-34-15-11-21)35-30(36-29)22-12-18-37(19-13-22)16-4-1-5-17-38-31(39)24-6-2-3-7-27(24)42(38,40)41/h2-3,6-11,14-15,20,22H,1,4-5,12-13,16-19H2,(H,35,36). The summed E-state index contributed by atoms with van der Waals surface area (Å²) in [7, 11) is -3.73. The lowest BCUT2D eigenvalue weighted by atomic mass is 9.96. The van der Waals surface area contributed by atoms with Gasteiger partial charge >= 0.3 is 0 Å². The monoisotopic (exact) mass is 623 g/mol. The van der Waals surface area contributed by atoms with Gasteiger partial charge in [0.15, 0.2) is 0 Å². The molecule has 42 heavy (non-hydrogen) atoms. The molecule has 1 N–H and O–H groups in total. The minimum atomic E-state index is -3.73. The van der Waals surface area contributed by atoms with E-state index in [1.807, 2.05) is 24.3 Å². The molecule has 1 fully saturated rings. The first-order chi connectivity index (χ1) is 20.3. The molecule has 0 radical (unpaired) electrons. The van der Waals surface area contributed by atoms with Crippen LogP contribution in [0.3, 0.4) is 0 Å². The van der Waals surface area contributed by atoms with Gasteiger partial charge in [0.2, 0.25) is 0 Å². The highest BCUT2D eigenvalue weighted by molar-refractivity contribution is 7.90. The van der Waals surface area contributed by atoms with Crippen LogP contribution in [0.5, 0.6) is 0 Å². The molecular weight excluding hydrogens is 593 g/mol. The van der Waals surface area contributed by atoms with E-state index in [0.29, 0.717) is 22.4 Å². The predicted molar refractivity (Wildman–Crippen MR) is 164 cm³/mol. The molecular formula is C31H31Cl2N5O3S. The van der Waals surface area contributed by atoms with Crippen LogP contribution in [0.25, 0.3) is 22.5 Å². The number of unbranched alkanes of at least 4 members (excludes halogenated alkanes) is 2. The lowest BCUT2D eigenvalue weighted by molar-refractivity contribution is 0.0869. The number of hydrogen-bond donors (Lipinski definition) is 1. The van der Waals surface area contributed by atoms with Crippen molar-refractivity contribution in [1.82, 2.24) is 24.2 Å². The number of halogens is 2. The summed E-state index contributed by atoms with van der Waals surface area (Å²) in [4.78, 5) is 28.0. The fourth-order valence-electron chi connectivity index (χ4n) is 5.81. The second-order valence-corrected chi connectivity index (χ2v) is 13.4. The molecule has 11 heteroatoms. The number of H-pyrrole nitrogens is 1. The van der Waals surface area contributed by atoms with Crippen LogP contribution in [0.15, 0.2) is 71.9 Å². The van der Waals surface area contributed by atoms with Crippen LogP contribution < -0.4 is 0 Å². The van der Waals surface area contributed by atoms with Crippen LogP contribution in [0.2, 0.25) is 10.0 Å². The summed E-state index contributed by atoms with van der Waals surface area (Å²) in [6, 6.07) is 16.0. The van der Waals surface area contributed by atoms with Gasteiger partial charge in [-0.05, 0) is 81.7 Å². The highest BCUT2D eigenvalue weighted by atomic mass is 35.5. The van der Waals surface area contributed by atoms with E-state index in [4.69, 9.17) is 28.2 Å². The van der Waals surface area contributed by atoms with Crippen LogP contribution >= 0.6 is 23.2 Å². The van der Waals surface area contributed by atoms with Crippen molar-refractivity contribution in [3.63, 3.8) is 0 Å². The van der Waals surface area contributed by atoms with E-state index in [1.54, 1.807) is 36.7 Å². The second-order valence-electron chi connectivity index (χ2n) is 10.8. The maximum atomic E-state index is 12.7. The minimum Gasteiger partial charge on any atom is -0.341 e. The molecule has 6 rings (SSSR count). The Morgan fingerprint density at radius 3 is 2.36 bits per heavy atom. The Balaban J connectivity index is 1.03. The van der Waals surface area contributed by atoms with Gasteiger partial charge < -0.3 is 9.88 Å². The normalized spacial score (nSPS) is 17.1. The van der Waals surface area contributed by atoms with Gasteiger partial charge in [-0.15, -0.1) is 0 Å². The maximum absolute atomic E-state index is 12.7. The molecule has 0 atom stereocenters. The van der Waals surface area contributed by atoms with E-state index in [0.717, 1.165) is 78.0 Å². The van der Waals surface area contributed by atoms with Crippen molar-refractivity contribution in [2.75, 3.05) is 26.2 Å². The maximum Gasteiger partial charge on any atom is 0.269 e. The zero-order chi connectivity index (χ0) is 29.3. The smallest absolute Gasteiger partial charge is 0.269 e. The Hall–Kier alpha value is -3.24. The van der Waals surface area contributed by atoms with Crippen LogP contribution in [0.1, 0.15) is 54.2 Å². The van der Waals surface area contributed by atoms with Crippen molar-refractivity contribution in [2.24, 2.45) is 0 Å². The first-order valence-corrected chi connectivity index (χ1v) is 16.4. The Labute approximate surface area is 255 Å². The molecule has 2 aromatic heterocycles. The van der Waals surface area contributed by atoms with E-state index in [9.17, 15) is 13.2 Å². The van der Waals surface area contributed by atoms with E-state index in [2.05, 4.69) is 14.9 Å². The fraction of sp³-hybridized carbons (Fsp3) is 0.323. The average Bonchev–Trinajstić information content (AvgIpc) is 3.53. The van der Waals surface area contributed by atoms with Crippen LogP contribution in [-0.2, 0) is 10.0 Å². The van der Waals surface area contributed by atoms with Gasteiger partial charge in [-0.2, -0.15) is 0 Å². The molecule has 4 heterocycles. The molecule has 1 saturated heterocycles. The third-order valence-electron chi connectivity index (χ3n) is 8.11. The number of aromatic amines is 1. The van der Waals surface area contributed by atoms with Gasteiger partial charge in [0, 0.05) is 36.0 Å². The highest BCUT2D eigenvalue weighted by Gasteiger charge is 2.40. The number of carbonyl (C=O) groups is 1. The number of hydrogen-bond acceptors (Lipinski definition) is 6. The number of rotatable bonds is 9. The molecule has 2 aliphatic rings. The van der Waals surface area contributed by atoms with Crippen molar-refractivity contribution in [3.8, 4) is 22.5 Å². The van der Waals surface area contributed by atoms with Crippen LogP contribution in [0.4, 0.5) is 0 Å². The van der Waals surface area contributed by atoms with Gasteiger partial charge in [-0.25, -0.2) is 17.7 Å². The van der Waals surface area contributed by atoms with Gasteiger partial charge in [0.25, 0.3) is 15.9 Å². The molecule has 0 saturated carbocycles. The Kier molecular flexibility index (Phi) is 8.36. The van der Waals surface area contributed by atoms with Gasteiger partial charge in [-0.1, -0.05) is 47.8 Å². The fourth-order valence-corrected chi connectivity index (χ4v) is 7.72. The number of nitrogens with one attached hydrogen (secondary N) is 1. The summed E-state index contributed by atoms with van der Waals surface area (Å²) in [6.07, 6.45) is 7.97. The molecule has 0 spiro atoms. The molecule has 8 nitrogen and oxygen atoms in total. The molecule has 1 amide bonds. The minimum absolute atomic E-state index is 0.117. The first-order valence-electron chi connectivity index (χ1n) is 14.2. The third-order valence-corrected chi connectivity index (χ3v) is 10.7. The largest absolute Gasteiger partial charge is 0.341 e. The number of carbonyl (C=O) groups excluding carboxylic acids is 1. The lowest BCUT2D eigenvalue weighted by Crippen LogP contribution is -2.34. The number of pyridine rings is 1. The van der Waals surface area contributed by atoms with Crippen LogP contribution in [-0.4, -0.2) is 64.7 Å². The zero-order valence-electron chi connectivity index (χ0n) is 23.0. The summed E-state index contributed by atoms with van der Waals surface area (Å²) in [5, 5.41) is 1.01. The number of likely N-dealkylation sites (tertiary alicyclic amines) is 1. The second kappa shape index (κ2) is 12.2. The van der Waals surface area contributed by atoms with Gasteiger partial charge in [0.05, 0.1) is 27.0 Å². The summed E-state index contributed by atoms with van der Waals surface area (Å²) in [5.74, 6) is 0.867. The van der Waals surface area contributed by atoms with E-state index in [-0.39, 0.29) is 17.0 Å². The summed E-state index contributed by atoms with van der Waals surface area (Å²) >= 11 is 12.5. The third kappa shape index (κ3) is 5.71. The quantitative estimate of drug-likeness (QED) is 0.210. The Bertz CT molecular complexity index is 1700. The average molecular weight is 625 g/mol. The number of imidazole rings is 1. The van der Waals surface area contributed by atoms with E-state index in [1.165, 1.54) is 6.07 Å². The Morgan fingerprint density at radius 2 is 1.62 bits per heavy atom. The number of benzene rings is 2. The number of amides is 1. The molecule has 0 unspecified atom stereocenters. The number of aromatic nitrogens is 3. The lowest BCUT2D eigenvalue weighted by Gasteiger charge is -2.31. The molecule has 0 aliphatic carbocycles. The molecule has 218 valence electrons.